The number of amides is 3. The molecule has 10 heteroatoms. The number of imide groups is 1. The van der Waals surface area contributed by atoms with Gasteiger partial charge in [0, 0.05) is 31.1 Å². The Labute approximate surface area is 177 Å². The molecule has 1 aliphatic carbocycles. The molecule has 3 aliphatic rings. The normalized spacial score (nSPS) is 22.7. The van der Waals surface area contributed by atoms with E-state index in [1.165, 1.54) is 9.80 Å². The minimum atomic E-state index is -4.36. The Morgan fingerprint density at radius 1 is 1.19 bits per heavy atom. The first kappa shape index (κ1) is 21.8. The van der Waals surface area contributed by atoms with Crippen LogP contribution in [0.4, 0.5) is 13.2 Å². The maximum Gasteiger partial charge on any atom is 0.404 e. The van der Waals surface area contributed by atoms with Crippen molar-refractivity contribution in [3.8, 4) is 0 Å². The van der Waals surface area contributed by atoms with E-state index in [4.69, 9.17) is 5.73 Å². The van der Waals surface area contributed by atoms with Gasteiger partial charge in [0.2, 0.25) is 11.8 Å². The zero-order chi connectivity index (χ0) is 22.3. The summed E-state index contributed by atoms with van der Waals surface area (Å²) < 4.78 is 40.9. The second-order valence-corrected chi connectivity index (χ2v) is 8.43. The van der Waals surface area contributed by atoms with Crippen LogP contribution in [0.1, 0.15) is 53.6 Å². The minimum Gasteiger partial charge on any atom is -0.330 e. The van der Waals surface area contributed by atoms with Gasteiger partial charge in [-0.1, -0.05) is 12.1 Å². The summed E-state index contributed by atoms with van der Waals surface area (Å²) >= 11 is 0. The Morgan fingerprint density at radius 2 is 1.94 bits per heavy atom. The summed E-state index contributed by atoms with van der Waals surface area (Å²) in [6.45, 7) is 0.269. The summed E-state index contributed by atoms with van der Waals surface area (Å²) in [5.74, 6) is -1.15. The quantitative estimate of drug-likeness (QED) is 0.632. The van der Waals surface area contributed by atoms with Gasteiger partial charge in [-0.3, -0.25) is 24.6 Å². The van der Waals surface area contributed by atoms with Gasteiger partial charge in [-0.25, -0.2) is 0 Å². The van der Waals surface area contributed by atoms with Crippen molar-refractivity contribution in [3.63, 3.8) is 0 Å². The van der Waals surface area contributed by atoms with Crippen LogP contribution in [0.5, 0.6) is 0 Å². The number of nitrogens with zero attached hydrogens (tertiary/aromatic N) is 2. The Morgan fingerprint density at radius 3 is 2.55 bits per heavy atom. The fourth-order valence-corrected chi connectivity index (χ4v) is 4.51. The van der Waals surface area contributed by atoms with E-state index < -0.39 is 24.2 Å². The Hall–Kier alpha value is -2.46. The highest BCUT2D eigenvalue weighted by Gasteiger charge is 2.47. The molecule has 3 amide bonds. The van der Waals surface area contributed by atoms with E-state index in [1.54, 1.807) is 18.2 Å². The molecule has 1 saturated heterocycles. The Kier molecular flexibility index (Phi) is 5.78. The first-order chi connectivity index (χ1) is 14.7. The summed E-state index contributed by atoms with van der Waals surface area (Å²) in [4.78, 5) is 39.2. The standard InChI is InChI=1S/C21H25F3N4O3/c22-21(23,24)17(7-8-25)27(14-2-3-14)10-12-1-4-15-13(9-12)11-28(20(15)31)16-5-6-18(29)26-19(16)30/h1,4,9,14,16-17H,2-3,5-8,10-11,25H2,(H,26,29,30). The van der Waals surface area contributed by atoms with Gasteiger partial charge in [0.25, 0.3) is 5.91 Å². The van der Waals surface area contributed by atoms with Crippen LogP contribution in [0.2, 0.25) is 0 Å². The number of alkyl halides is 3. The van der Waals surface area contributed by atoms with E-state index in [2.05, 4.69) is 5.32 Å². The first-order valence-electron chi connectivity index (χ1n) is 10.5. The maximum atomic E-state index is 13.6. The molecule has 0 radical (unpaired) electrons. The van der Waals surface area contributed by atoms with Crippen molar-refractivity contribution < 1.29 is 27.6 Å². The second kappa shape index (κ2) is 8.23. The van der Waals surface area contributed by atoms with Crippen molar-refractivity contribution in [1.82, 2.24) is 15.1 Å². The van der Waals surface area contributed by atoms with Crippen LogP contribution in [0.25, 0.3) is 0 Å². The number of carbonyl (C=O) groups is 3. The third kappa shape index (κ3) is 4.45. The van der Waals surface area contributed by atoms with Gasteiger partial charge >= 0.3 is 6.18 Å². The monoisotopic (exact) mass is 438 g/mol. The van der Waals surface area contributed by atoms with Gasteiger partial charge in [0.15, 0.2) is 0 Å². The van der Waals surface area contributed by atoms with E-state index in [1.807, 2.05) is 0 Å². The van der Waals surface area contributed by atoms with Crippen LogP contribution < -0.4 is 11.1 Å². The summed E-state index contributed by atoms with van der Waals surface area (Å²) in [5.41, 5.74) is 7.27. The van der Waals surface area contributed by atoms with Gasteiger partial charge in [-0.2, -0.15) is 13.2 Å². The van der Waals surface area contributed by atoms with Gasteiger partial charge in [0.05, 0.1) is 0 Å². The fourth-order valence-electron chi connectivity index (χ4n) is 4.51. The lowest BCUT2D eigenvalue weighted by atomic mass is 10.0. The van der Waals surface area contributed by atoms with Crippen LogP contribution in [-0.4, -0.2) is 58.4 Å². The van der Waals surface area contributed by atoms with Crippen LogP contribution in [0.3, 0.4) is 0 Å². The SMILES string of the molecule is NCCC(N(Cc1ccc2c(c1)CN(C1CCC(=O)NC1=O)C2=O)C1CC1)C(F)(F)F. The molecule has 31 heavy (non-hydrogen) atoms. The molecule has 2 atom stereocenters. The lowest BCUT2D eigenvalue weighted by Crippen LogP contribution is -2.52. The third-order valence-electron chi connectivity index (χ3n) is 6.19. The van der Waals surface area contributed by atoms with Crippen molar-refractivity contribution >= 4 is 17.7 Å². The highest BCUT2D eigenvalue weighted by Crippen LogP contribution is 2.37. The number of carbonyl (C=O) groups excluding carboxylic acids is 3. The number of rotatable bonds is 7. The third-order valence-corrected chi connectivity index (χ3v) is 6.19. The molecule has 1 saturated carbocycles. The van der Waals surface area contributed by atoms with E-state index in [0.29, 0.717) is 16.7 Å². The molecule has 1 aromatic rings. The highest BCUT2D eigenvalue weighted by molar-refractivity contribution is 6.05. The molecule has 2 heterocycles. The predicted octanol–water partition coefficient (Wildman–Crippen LogP) is 1.69. The lowest BCUT2D eigenvalue weighted by molar-refractivity contribution is -0.188. The van der Waals surface area contributed by atoms with Crippen molar-refractivity contribution in [1.29, 1.82) is 0 Å². The minimum absolute atomic E-state index is 0.0486. The van der Waals surface area contributed by atoms with Gasteiger partial charge in [0.1, 0.15) is 12.1 Å². The molecule has 2 aliphatic heterocycles. The second-order valence-electron chi connectivity index (χ2n) is 8.43. The van der Waals surface area contributed by atoms with E-state index >= 15 is 0 Å². The number of hydrogen-bond acceptors (Lipinski definition) is 5. The van der Waals surface area contributed by atoms with Crippen LogP contribution in [-0.2, 0) is 22.7 Å². The fraction of sp³-hybridized carbons (Fsp3) is 0.571. The number of piperidine rings is 1. The smallest absolute Gasteiger partial charge is 0.330 e. The summed E-state index contributed by atoms with van der Waals surface area (Å²) in [6.07, 6.45) is -2.64. The average Bonchev–Trinajstić information content (AvgIpc) is 3.48. The van der Waals surface area contributed by atoms with Crippen molar-refractivity contribution in [2.75, 3.05) is 6.54 Å². The Bertz CT molecular complexity index is 900. The molecule has 168 valence electrons. The molecular formula is C21H25F3N4O3. The topological polar surface area (TPSA) is 95.7 Å². The Balaban J connectivity index is 1.52. The van der Waals surface area contributed by atoms with Crippen molar-refractivity contribution in [2.24, 2.45) is 5.73 Å². The number of fused-ring (bicyclic) bond motifs is 1. The summed E-state index contributed by atoms with van der Waals surface area (Å²) in [5, 5.41) is 2.25. The largest absolute Gasteiger partial charge is 0.404 e. The molecular weight excluding hydrogens is 413 g/mol. The average molecular weight is 438 g/mol. The lowest BCUT2D eigenvalue weighted by Gasteiger charge is -2.33. The molecule has 0 bridgehead atoms. The number of halogens is 3. The number of benzene rings is 1. The van der Waals surface area contributed by atoms with Crippen molar-refractivity contribution in [2.45, 2.75) is 69.5 Å². The molecule has 7 nitrogen and oxygen atoms in total. The number of nitrogens with one attached hydrogen (secondary N) is 1. The maximum absolute atomic E-state index is 13.6. The molecule has 3 N–H and O–H groups in total. The first-order valence-corrected chi connectivity index (χ1v) is 10.5. The zero-order valence-corrected chi connectivity index (χ0v) is 17.0. The number of nitrogens with two attached hydrogens (primary N) is 1. The van der Waals surface area contributed by atoms with Crippen molar-refractivity contribution in [3.05, 3.63) is 34.9 Å². The molecule has 2 unspecified atom stereocenters. The van der Waals surface area contributed by atoms with E-state index in [9.17, 15) is 27.6 Å². The van der Waals surface area contributed by atoms with Gasteiger partial charge in [-0.15, -0.1) is 0 Å². The van der Waals surface area contributed by atoms with Gasteiger partial charge < -0.3 is 10.6 Å². The summed E-state index contributed by atoms with van der Waals surface area (Å²) in [6, 6.07) is 2.62. The van der Waals surface area contributed by atoms with Crippen LogP contribution in [0, 0.1) is 0 Å². The molecule has 1 aromatic carbocycles. The van der Waals surface area contributed by atoms with E-state index in [-0.39, 0.29) is 56.8 Å². The predicted molar refractivity (Wildman–Crippen MR) is 105 cm³/mol. The highest BCUT2D eigenvalue weighted by atomic mass is 19.4. The van der Waals surface area contributed by atoms with Crippen LogP contribution in [0.15, 0.2) is 18.2 Å². The molecule has 0 aromatic heterocycles. The van der Waals surface area contributed by atoms with Gasteiger partial charge in [-0.05, 0) is 49.4 Å². The zero-order valence-electron chi connectivity index (χ0n) is 17.0. The van der Waals surface area contributed by atoms with E-state index in [0.717, 1.165) is 12.8 Å². The number of hydrogen-bond donors (Lipinski definition) is 2. The van der Waals surface area contributed by atoms with Crippen LogP contribution >= 0.6 is 0 Å². The molecule has 2 fully saturated rings. The molecule has 4 rings (SSSR count). The summed E-state index contributed by atoms with van der Waals surface area (Å²) in [7, 11) is 0. The molecule has 0 spiro atoms.